The monoisotopic (exact) mass is 381 g/mol. The van der Waals surface area contributed by atoms with Gasteiger partial charge in [-0.05, 0) is 43.5 Å². The molecule has 26 heavy (non-hydrogen) atoms. The third-order valence-electron chi connectivity index (χ3n) is 4.44. The Kier molecular flexibility index (Phi) is 6.41. The first-order valence-corrected chi connectivity index (χ1v) is 10.2. The van der Waals surface area contributed by atoms with Crippen LogP contribution >= 0.6 is 0 Å². The molecule has 8 heteroatoms. The van der Waals surface area contributed by atoms with Crippen LogP contribution in [0.3, 0.4) is 0 Å². The second-order valence-corrected chi connectivity index (χ2v) is 8.63. The van der Waals surface area contributed by atoms with Gasteiger partial charge < -0.3 is 9.80 Å². The zero-order valence-electron chi connectivity index (χ0n) is 15.9. The van der Waals surface area contributed by atoms with Gasteiger partial charge in [-0.15, -0.1) is 0 Å². The molecule has 7 nitrogen and oxygen atoms in total. The second kappa shape index (κ2) is 8.18. The van der Waals surface area contributed by atoms with Crippen LogP contribution < -0.4 is 4.90 Å². The van der Waals surface area contributed by atoms with E-state index in [-0.39, 0.29) is 29.8 Å². The molecule has 0 aliphatic carbocycles. The Hall–Kier alpha value is -1.93. The van der Waals surface area contributed by atoms with Gasteiger partial charge in [0.2, 0.25) is 21.8 Å². The van der Waals surface area contributed by atoms with Gasteiger partial charge in [0.05, 0.1) is 11.4 Å². The molecule has 0 unspecified atom stereocenters. The minimum absolute atomic E-state index is 0.0594. The minimum atomic E-state index is -3.79. The summed E-state index contributed by atoms with van der Waals surface area (Å²) < 4.78 is 27.4. The standard InChI is InChI=1S/C18H27N3O4S/c1-5-10-20(13-18(23)19(3)4)26(24,25)16-9-8-15(12-14(16)2)21-11-6-7-17(21)22/h8-9,12H,5-7,10-11,13H2,1-4H3. The van der Waals surface area contributed by atoms with E-state index in [9.17, 15) is 18.0 Å². The van der Waals surface area contributed by atoms with Crippen molar-refractivity contribution in [2.75, 3.05) is 38.6 Å². The summed E-state index contributed by atoms with van der Waals surface area (Å²) in [4.78, 5) is 27.2. The molecule has 0 N–H and O–H groups in total. The van der Waals surface area contributed by atoms with E-state index in [0.717, 1.165) is 12.1 Å². The third kappa shape index (κ3) is 4.24. The minimum Gasteiger partial charge on any atom is -0.348 e. The lowest BCUT2D eigenvalue weighted by atomic mass is 10.2. The fourth-order valence-electron chi connectivity index (χ4n) is 2.98. The van der Waals surface area contributed by atoms with Crippen molar-refractivity contribution in [3.8, 4) is 0 Å². The molecule has 1 saturated heterocycles. The molecular weight excluding hydrogens is 354 g/mol. The summed E-state index contributed by atoms with van der Waals surface area (Å²) in [6.07, 6.45) is 1.95. The van der Waals surface area contributed by atoms with Crippen molar-refractivity contribution >= 4 is 27.5 Å². The van der Waals surface area contributed by atoms with Crippen LogP contribution in [-0.2, 0) is 19.6 Å². The van der Waals surface area contributed by atoms with Crippen molar-refractivity contribution in [2.24, 2.45) is 0 Å². The van der Waals surface area contributed by atoms with Crippen molar-refractivity contribution in [3.05, 3.63) is 23.8 Å². The maximum Gasteiger partial charge on any atom is 0.243 e. The summed E-state index contributed by atoms with van der Waals surface area (Å²) in [5.74, 6) is -0.205. The molecule has 2 rings (SSSR count). The SMILES string of the molecule is CCCN(CC(=O)N(C)C)S(=O)(=O)c1ccc(N2CCCC2=O)cc1C. The molecule has 0 aromatic heterocycles. The van der Waals surface area contributed by atoms with Crippen molar-refractivity contribution < 1.29 is 18.0 Å². The molecule has 2 amide bonds. The Labute approximate surface area is 155 Å². The average molecular weight is 381 g/mol. The molecular formula is C18H27N3O4S. The number of likely N-dealkylation sites (N-methyl/N-ethyl adjacent to an activating group) is 1. The predicted octanol–water partition coefficient (Wildman–Crippen LogP) is 1.61. The number of amides is 2. The van der Waals surface area contributed by atoms with Crippen LogP contribution in [0.1, 0.15) is 31.7 Å². The zero-order valence-corrected chi connectivity index (χ0v) is 16.7. The highest BCUT2D eigenvalue weighted by atomic mass is 32.2. The lowest BCUT2D eigenvalue weighted by molar-refractivity contribution is -0.128. The average Bonchev–Trinajstić information content (AvgIpc) is 2.99. The van der Waals surface area contributed by atoms with Gasteiger partial charge in [-0.3, -0.25) is 9.59 Å². The van der Waals surface area contributed by atoms with Gasteiger partial charge in [-0.25, -0.2) is 8.42 Å². The number of rotatable bonds is 7. The molecule has 0 bridgehead atoms. The number of anilines is 1. The molecule has 1 fully saturated rings. The topological polar surface area (TPSA) is 78.0 Å². The van der Waals surface area contributed by atoms with Gasteiger partial charge in [0, 0.05) is 39.3 Å². The van der Waals surface area contributed by atoms with Crippen molar-refractivity contribution in [1.82, 2.24) is 9.21 Å². The Bertz CT molecular complexity index is 790. The van der Waals surface area contributed by atoms with Gasteiger partial charge in [0.15, 0.2) is 0 Å². The highest BCUT2D eigenvalue weighted by molar-refractivity contribution is 7.89. The number of carbonyl (C=O) groups is 2. The second-order valence-electron chi connectivity index (χ2n) is 6.73. The maximum absolute atomic E-state index is 13.1. The normalized spacial score (nSPS) is 15.0. The van der Waals surface area contributed by atoms with Gasteiger partial charge >= 0.3 is 0 Å². The highest BCUT2D eigenvalue weighted by Gasteiger charge is 2.29. The van der Waals surface area contributed by atoms with Crippen molar-refractivity contribution in [2.45, 2.75) is 38.0 Å². The van der Waals surface area contributed by atoms with E-state index >= 15 is 0 Å². The number of nitrogens with zero attached hydrogens (tertiary/aromatic N) is 3. The van der Waals surface area contributed by atoms with Crippen LogP contribution in [0.5, 0.6) is 0 Å². The number of carbonyl (C=O) groups excluding carboxylic acids is 2. The molecule has 1 aliphatic heterocycles. The molecule has 1 heterocycles. The molecule has 1 aromatic rings. The first-order chi connectivity index (χ1) is 12.2. The summed E-state index contributed by atoms with van der Waals surface area (Å²) in [6, 6.07) is 4.93. The largest absolute Gasteiger partial charge is 0.348 e. The Morgan fingerprint density at radius 3 is 2.46 bits per heavy atom. The highest BCUT2D eigenvalue weighted by Crippen LogP contribution is 2.27. The molecule has 0 atom stereocenters. The van der Waals surface area contributed by atoms with Crippen LogP contribution in [0, 0.1) is 6.92 Å². The molecule has 1 aliphatic rings. The maximum atomic E-state index is 13.1. The van der Waals surface area contributed by atoms with Crippen molar-refractivity contribution in [1.29, 1.82) is 0 Å². The summed E-state index contributed by atoms with van der Waals surface area (Å²) >= 11 is 0. The van der Waals surface area contributed by atoms with Crippen LogP contribution in [0.4, 0.5) is 5.69 Å². The summed E-state index contributed by atoms with van der Waals surface area (Å²) in [7, 11) is -0.587. The van der Waals surface area contributed by atoms with Crippen LogP contribution in [-0.4, -0.2) is 63.2 Å². The van der Waals surface area contributed by atoms with E-state index in [1.54, 1.807) is 38.1 Å². The Balaban J connectivity index is 2.34. The smallest absolute Gasteiger partial charge is 0.243 e. The fraction of sp³-hybridized carbons (Fsp3) is 0.556. The molecule has 0 spiro atoms. The number of hydrogen-bond donors (Lipinski definition) is 0. The van der Waals surface area contributed by atoms with Crippen LogP contribution in [0.15, 0.2) is 23.1 Å². The number of benzene rings is 1. The molecule has 0 radical (unpaired) electrons. The molecule has 0 saturated carbocycles. The van der Waals surface area contributed by atoms with Gasteiger partial charge in [0.25, 0.3) is 0 Å². The van der Waals surface area contributed by atoms with Gasteiger partial charge in [0.1, 0.15) is 0 Å². The lowest BCUT2D eigenvalue weighted by Crippen LogP contribution is -2.40. The summed E-state index contributed by atoms with van der Waals surface area (Å²) in [5.41, 5.74) is 1.29. The quantitative estimate of drug-likeness (QED) is 0.719. The first kappa shape index (κ1) is 20.4. The first-order valence-electron chi connectivity index (χ1n) is 8.79. The van der Waals surface area contributed by atoms with E-state index in [1.807, 2.05) is 6.92 Å². The van der Waals surface area contributed by atoms with E-state index in [1.165, 1.54) is 15.3 Å². The van der Waals surface area contributed by atoms with Gasteiger partial charge in [-0.2, -0.15) is 4.31 Å². The third-order valence-corrected chi connectivity index (χ3v) is 6.45. The number of sulfonamides is 1. The van der Waals surface area contributed by atoms with Crippen LogP contribution in [0.2, 0.25) is 0 Å². The summed E-state index contributed by atoms with van der Waals surface area (Å²) in [6.45, 7) is 4.33. The predicted molar refractivity (Wildman–Crippen MR) is 101 cm³/mol. The summed E-state index contributed by atoms with van der Waals surface area (Å²) in [5, 5.41) is 0. The van der Waals surface area contributed by atoms with E-state index in [4.69, 9.17) is 0 Å². The van der Waals surface area contributed by atoms with Crippen LogP contribution in [0.25, 0.3) is 0 Å². The van der Waals surface area contributed by atoms with E-state index in [2.05, 4.69) is 0 Å². The molecule has 144 valence electrons. The fourth-order valence-corrected chi connectivity index (χ4v) is 4.66. The zero-order chi connectivity index (χ0) is 19.5. The Morgan fingerprint density at radius 1 is 1.27 bits per heavy atom. The number of aryl methyl sites for hydroxylation is 1. The molecule has 1 aromatic carbocycles. The number of hydrogen-bond acceptors (Lipinski definition) is 4. The van der Waals surface area contributed by atoms with Crippen molar-refractivity contribution in [3.63, 3.8) is 0 Å². The lowest BCUT2D eigenvalue weighted by Gasteiger charge is -2.24. The Morgan fingerprint density at radius 2 is 1.96 bits per heavy atom. The van der Waals surface area contributed by atoms with Gasteiger partial charge in [-0.1, -0.05) is 6.92 Å². The van der Waals surface area contributed by atoms with E-state index in [0.29, 0.717) is 24.9 Å². The van der Waals surface area contributed by atoms with E-state index < -0.39 is 10.0 Å².